The fraction of sp³-hybridized carbons (Fsp3) is 0.263. The number of thioether (sulfide) groups is 1. The minimum atomic E-state index is 0.0833. The standard InChI is InChI=1S/C19H20N2O2S/c1-14-4-2-3-5-17(14)10-19-20-18(21-23-19)13-24-12-16-8-6-15(11-22)7-9-16/h2-9,22H,10-13H2,1H3. The van der Waals surface area contributed by atoms with E-state index in [1.54, 1.807) is 11.8 Å². The first-order valence-corrected chi connectivity index (χ1v) is 9.02. The molecule has 0 amide bonds. The quantitative estimate of drug-likeness (QED) is 0.707. The smallest absolute Gasteiger partial charge is 0.231 e. The van der Waals surface area contributed by atoms with Crippen molar-refractivity contribution >= 4 is 11.8 Å². The Kier molecular flexibility index (Phi) is 5.67. The summed E-state index contributed by atoms with van der Waals surface area (Å²) in [5.41, 5.74) is 4.60. The topological polar surface area (TPSA) is 59.2 Å². The molecule has 0 bridgehead atoms. The maximum Gasteiger partial charge on any atom is 0.231 e. The molecule has 1 aromatic heterocycles. The van der Waals surface area contributed by atoms with Gasteiger partial charge in [-0.2, -0.15) is 4.98 Å². The van der Waals surface area contributed by atoms with Crippen molar-refractivity contribution in [3.05, 3.63) is 82.5 Å². The van der Waals surface area contributed by atoms with E-state index in [4.69, 9.17) is 9.63 Å². The molecule has 0 saturated heterocycles. The molecule has 0 radical (unpaired) electrons. The molecule has 2 aromatic carbocycles. The summed E-state index contributed by atoms with van der Waals surface area (Å²) in [4.78, 5) is 4.47. The first-order valence-electron chi connectivity index (χ1n) is 7.87. The van der Waals surface area contributed by atoms with Crippen LogP contribution in [0.15, 0.2) is 53.1 Å². The lowest BCUT2D eigenvalue weighted by molar-refractivity contribution is 0.282. The van der Waals surface area contributed by atoms with E-state index >= 15 is 0 Å². The average Bonchev–Trinajstić information content (AvgIpc) is 3.05. The highest BCUT2D eigenvalue weighted by Gasteiger charge is 2.08. The van der Waals surface area contributed by atoms with Crippen LogP contribution in [0.5, 0.6) is 0 Å². The third-order valence-corrected chi connectivity index (χ3v) is 4.82. The van der Waals surface area contributed by atoms with Crippen molar-refractivity contribution in [2.75, 3.05) is 0 Å². The molecule has 124 valence electrons. The Morgan fingerprint density at radius 1 is 1.00 bits per heavy atom. The fourth-order valence-electron chi connectivity index (χ4n) is 2.39. The zero-order chi connectivity index (χ0) is 16.8. The lowest BCUT2D eigenvalue weighted by Gasteiger charge is -2.01. The molecule has 5 heteroatoms. The van der Waals surface area contributed by atoms with Gasteiger partial charge in [-0.15, -0.1) is 11.8 Å². The van der Waals surface area contributed by atoms with Crippen molar-refractivity contribution in [3.8, 4) is 0 Å². The van der Waals surface area contributed by atoms with Crippen LogP contribution in [0.2, 0.25) is 0 Å². The van der Waals surface area contributed by atoms with E-state index in [1.165, 1.54) is 16.7 Å². The highest BCUT2D eigenvalue weighted by molar-refractivity contribution is 7.97. The van der Waals surface area contributed by atoms with Gasteiger partial charge in [0.1, 0.15) is 0 Å². The summed E-state index contributed by atoms with van der Waals surface area (Å²) in [7, 11) is 0. The summed E-state index contributed by atoms with van der Waals surface area (Å²) in [5.74, 6) is 3.00. The largest absolute Gasteiger partial charge is 0.392 e. The molecule has 0 fully saturated rings. The summed E-state index contributed by atoms with van der Waals surface area (Å²) in [6.07, 6.45) is 0.674. The number of rotatable bonds is 7. The van der Waals surface area contributed by atoms with Gasteiger partial charge >= 0.3 is 0 Å². The fourth-order valence-corrected chi connectivity index (χ4v) is 3.22. The summed E-state index contributed by atoms with van der Waals surface area (Å²) in [6.45, 7) is 2.17. The second-order valence-electron chi connectivity index (χ2n) is 5.68. The van der Waals surface area contributed by atoms with Crippen LogP contribution in [0.1, 0.15) is 34.0 Å². The van der Waals surface area contributed by atoms with Crippen molar-refractivity contribution in [1.29, 1.82) is 0 Å². The van der Waals surface area contributed by atoms with Gasteiger partial charge in [-0.1, -0.05) is 53.7 Å². The van der Waals surface area contributed by atoms with E-state index in [-0.39, 0.29) is 6.61 Å². The molecule has 0 aliphatic carbocycles. The number of aryl methyl sites for hydroxylation is 1. The summed E-state index contributed by atoms with van der Waals surface area (Å²) < 4.78 is 5.35. The summed E-state index contributed by atoms with van der Waals surface area (Å²) in [6, 6.07) is 16.2. The summed E-state index contributed by atoms with van der Waals surface area (Å²) in [5, 5.41) is 13.1. The first kappa shape index (κ1) is 16.7. The molecule has 0 aliphatic rings. The van der Waals surface area contributed by atoms with Crippen LogP contribution < -0.4 is 0 Å². The molecule has 0 unspecified atom stereocenters. The molecule has 1 N–H and O–H groups in total. The van der Waals surface area contributed by atoms with Gasteiger partial charge in [0.15, 0.2) is 5.82 Å². The Morgan fingerprint density at radius 2 is 1.75 bits per heavy atom. The predicted octanol–water partition coefficient (Wildman–Crippen LogP) is 3.89. The van der Waals surface area contributed by atoms with Gasteiger partial charge in [-0.05, 0) is 29.2 Å². The van der Waals surface area contributed by atoms with Crippen molar-refractivity contribution < 1.29 is 9.63 Å². The number of aliphatic hydroxyl groups is 1. The van der Waals surface area contributed by atoms with E-state index in [0.29, 0.717) is 12.3 Å². The molecule has 24 heavy (non-hydrogen) atoms. The Bertz CT molecular complexity index is 784. The Labute approximate surface area is 145 Å². The van der Waals surface area contributed by atoms with Crippen LogP contribution in [0.3, 0.4) is 0 Å². The van der Waals surface area contributed by atoms with Gasteiger partial charge in [-0.25, -0.2) is 0 Å². The van der Waals surface area contributed by atoms with Gasteiger partial charge in [-0.3, -0.25) is 0 Å². The van der Waals surface area contributed by atoms with Crippen LogP contribution in [0.25, 0.3) is 0 Å². The molecule has 0 aliphatic heterocycles. The Morgan fingerprint density at radius 3 is 2.50 bits per heavy atom. The van der Waals surface area contributed by atoms with Crippen LogP contribution in [-0.2, 0) is 24.5 Å². The zero-order valence-electron chi connectivity index (χ0n) is 13.6. The van der Waals surface area contributed by atoms with Crippen molar-refractivity contribution in [3.63, 3.8) is 0 Å². The van der Waals surface area contributed by atoms with E-state index in [2.05, 4.69) is 29.2 Å². The summed E-state index contributed by atoms with van der Waals surface area (Å²) >= 11 is 1.75. The molecular formula is C19H20N2O2S. The second kappa shape index (κ2) is 8.13. The lowest BCUT2D eigenvalue weighted by Crippen LogP contribution is -1.92. The predicted molar refractivity (Wildman–Crippen MR) is 95.6 cm³/mol. The first-order chi connectivity index (χ1) is 11.7. The SMILES string of the molecule is Cc1ccccc1Cc1nc(CSCc2ccc(CO)cc2)no1. The molecule has 4 nitrogen and oxygen atoms in total. The number of aromatic nitrogens is 2. The van der Waals surface area contributed by atoms with Crippen LogP contribution in [0.4, 0.5) is 0 Å². The number of hydrogen-bond donors (Lipinski definition) is 1. The van der Waals surface area contributed by atoms with Gasteiger partial charge < -0.3 is 9.63 Å². The lowest BCUT2D eigenvalue weighted by atomic mass is 10.1. The van der Waals surface area contributed by atoms with Gasteiger partial charge in [0.25, 0.3) is 0 Å². The van der Waals surface area contributed by atoms with Gasteiger partial charge in [0.05, 0.1) is 18.8 Å². The highest BCUT2D eigenvalue weighted by Crippen LogP contribution is 2.18. The molecule has 0 atom stereocenters. The number of benzene rings is 2. The van der Waals surface area contributed by atoms with Crippen molar-refractivity contribution in [2.24, 2.45) is 0 Å². The number of nitrogens with zero attached hydrogens (tertiary/aromatic N) is 2. The maximum atomic E-state index is 9.05. The molecular weight excluding hydrogens is 320 g/mol. The zero-order valence-corrected chi connectivity index (χ0v) is 14.4. The minimum Gasteiger partial charge on any atom is -0.392 e. The molecule has 3 aromatic rings. The number of hydrogen-bond acceptors (Lipinski definition) is 5. The van der Waals surface area contributed by atoms with Crippen molar-refractivity contribution in [1.82, 2.24) is 10.1 Å². The van der Waals surface area contributed by atoms with E-state index in [0.717, 1.165) is 22.9 Å². The van der Waals surface area contributed by atoms with Crippen LogP contribution in [0, 0.1) is 6.92 Å². The minimum absolute atomic E-state index is 0.0833. The normalized spacial score (nSPS) is 10.9. The van der Waals surface area contributed by atoms with Gasteiger partial charge in [0, 0.05) is 5.75 Å². The third-order valence-electron chi connectivity index (χ3n) is 3.82. The van der Waals surface area contributed by atoms with Crippen LogP contribution in [-0.4, -0.2) is 15.2 Å². The molecule has 1 heterocycles. The average molecular weight is 340 g/mol. The Hall–Kier alpha value is -2.11. The molecule has 0 spiro atoms. The monoisotopic (exact) mass is 340 g/mol. The third kappa shape index (κ3) is 4.46. The van der Waals surface area contributed by atoms with E-state index in [9.17, 15) is 0 Å². The number of aliphatic hydroxyl groups excluding tert-OH is 1. The van der Waals surface area contributed by atoms with E-state index in [1.807, 2.05) is 36.4 Å². The molecule has 3 rings (SSSR count). The van der Waals surface area contributed by atoms with Gasteiger partial charge in [0.2, 0.25) is 5.89 Å². The van der Waals surface area contributed by atoms with Crippen molar-refractivity contribution in [2.45, 2.75) is 31.5 Å². The molecule has 0 saturated carbocycles. The highest BCUT2D eigenvalue weighted by atomic mass is 32.2. The van der Waals surface area contributed by atoms with E-state index < -0.39 is 0 Å². The second-order valence-corrected chi connectivity index (χ2v) is 6.66. The maximum absolute atomic E-state index is 9.05. The van der Waals surface area contributed by atoms with Crippen LogP contribution >= 0.6 is 11.8 Å². The Balaban J connectivity index is 1.51.